The van der Waals surface area contributed by atoms with Crippen LogP contribution in [0.2, 0.25) is 0 Å². The number of nitrogens with two attached hydrogens (primary N) is 2. The number of pyridine rings is 1. The second-order valence-corrected chi connectivity index (χ2v) is 9.28. The molecular formula is C26H24N4O2S. The minimum atomic E-state index is -0.298. The van der Waals surface area contributed by atoms with Crippen molar-refractivity contribution in [1.82, 2.24) is 9.88 Å². The van der Waals surface area contributed by atoms with Crippen LogP contribution in [0.15, 0.2) is 66.7 Å². The van der Waals surface area contributed by atoms with E-state index in [1.54, 1.807) is 4.90 Å². The molecule has 1 fully saturated rings. The number of fused-ring (bicyclic) bond motifs is 1. The zero-order valence-electron chi connectivity index (χ0n) is 18.0. The second-order valence-electron chi connectivity index (χ2n) is 8.28. The van der Waals surface area contributed by atoms with Gasteiger partial charge in [-0.1, -0.05) is 60.7 Å². The van der Waals surface area contributed by atoms with E-state index in [2.05, 4.69) is 0 Å². The Hall–Kier alpha value is -3.71. The number of anilines is 1. The minimum Gasteiger partial charge on any atom is -0.397 e. The fraction of sp³-hybridized carbons (Fsp3) is 0.192. The molecule has 0 atom stereocenters. The lowest BCUT2D eigenvalue weighted by atomic mass is 9.96. The number of benzene rings is 2. The van der Waals surface area contributed by atoms with Crippen LogP contribution in [0.3, 0.4) is 0 Å². The average Bonchev–Trinajstić information content (AvgIpc) is 3.20. The standard InChI is InChI=1S/C26H24N4O2S/c27-22-21-19(16-7-3-1-4-8-16)15-20(17-9-5-2-6-10-17)29-25(21)33-23(22)26(32)30-13-11-18(12-14-30)24(28)31/h1-10,15,18H,11-14,27H2,(H2,28,31). The molecule has 6 nitrogen and oxygen atoms in total. The van der Waals surface area contributed by atoms with Crippen LogP contribution in [0.4, 0.5) is 5.69 Å². The number of hydrogen-bond acceptors (Lipinski definition) is 5. The first kappa shape index (κ1) is 21.2. The summed E-state index contributed by atoms with van der Waals surface area (Å²) < 4.78 is 0. The van der Waals surface area contributed by atoms with Crippen LogP contribution >= 0.6 is 11.3 Å². The summed E-state index contributed by atoms with van der Waals surface area (Å²) in [7, 11) is 0. The number of primary amides is 1. The summed E-state index contributed by atoms with van der Waals surface area (Å²) in [6, 6.07) is 22.1. The number of nitrogens with zero attached hydrogens (tertiary/aromatic N) is 2. The van der Waals surface area contributed by atoms with Gasteiger partial charge in [-0.05, 0) is 30.0 Å². The first-order valence-corrected chi connectivity index (χ1v) is 11.8. The zero-order chi connectivity index (χ0) is 22.9. The summed E-state index contributed by atoms with van der Waals surface area (Å²) in [5, 5.41) is 0.807. The van der Waals surface area contributed by atoms with Crippen LogP contribution in [0.5, 0.6) is 0 Å². The number of aromatic nitrogens is 1. The Bertz CT molecular complexity index is 1330. The van der Waals surface area contributed by atoms with Crippen molar-refractivity contribution in [2.45, 2.75) is 12.8 Å². The van der Waals surface area contributed by atoms with E-state index in [1.807, 2.05) is 66.7 Å². The Labute approximate surface area is 195 Å². The van der Waals surface area contributed by atoms with E-state index in [9.17, 15) is 9.59 Å². The maximum atomic E-state index is 13.4. The average molecular weight is 457 g/mol. The molecule has 0 bridgehead atoms. The maximum absolute atomic E-state index is 13.4. The first-order chi connectivity index (χ1) is 16.0. The second kappa shape index (κ2) is 8.67. The Balaban J connectivity index is 1.60. The van der Waals surface area contributed by atoms with E-state index in [1.165, 1.54) is 11.3 Å². The molecule has 4 N–H and O–H groups in total. The van der Waals surface area contributed by atoms with Crippen molar-refractivity contribution in [1.29, 1.82) is 0 Å². The van der Waals surface area contributed by atoms with Crippen molar-refractivity contribution in [2.24, 2.45) is 11.7 Å². The topological polar surface area (TPSA) is 102 Å². The third kappa shape index (κ3) is 3.96. The van der Waals surface area contributed by atoms with Gasteiger partial charge in [-0.2, -0.15) is 0 Å². The fourth-order valence-electron chi connectivity index (χ4n) is 4.39. The molecule has 166 valence electrons. The number of thiophene rings is 1. The molecule has 0 aliphatic carbocycles. The van der Waals surface area contributed by atoms with E-state index in [0.29, 0.717) is 36.5 Å². The van der Waals surface area contributed by atoms with Crippen LogP contribution in [0, 0.1) is 5.92 Å². The van der Waals surface area contributed by atoms with Gasteiger partial charge in [0.05, 0.1) is 11.4 Å². The number of nitrogen functional groups attached to an aromatic ring is 1. The molecule has 2 aromatic heterocycles. The van der Waals surface area contributed by atoms with Crippen molar-refractivity contribution >= 4 is 39.1 Å². The highest BCUT2D eigenvalue weighted by molar-refractivity contribution is 7.21. The molecule has 4 aromatic rings. The van der Waals surface area contributed by atoms with Crippen molar-refractivity contribution in [3.05, 3.63) is 71.6 Å². The first-order valence-electron chi connectivity index (χ1n) is 11.0. The number of hydrogen-bond donors (Lipinski definition) is 2. The van der Waals surface area contributed by atoms with Crippen molar-refractivity contribution in [2.75, 3.05) is 18.8 Å². The molecule has 2 amide bonds. The van der Waals surface area contributed by atoms with Gasteiger partial charge in [0, 0.05) is 30.0 Å². The molecule has 5 rings (SSSR count). The highest BCUT2D eigenvalue weighted by atomic mass is 32.1. The predicted molar refractivity (Wildman–Crippen MR) is 133 cm³/mol. The molecule has 2 aromatic carbocycles. The third-order valence-corrected chi connectivity index (χ3v) is 7.32. The van der Waals surface area contributed by atoms with Crippen molar-refractivity contribution < 1.29 is 9.59 Å². The van der Waals surface area contributed by atoms with Crippen LogP contribution in [0.25, 0.3) is 32.6 Å². The zero-order valence-corrected chi connectivity index (χ0v) is 18.8. The maximum Gasteiger partial charge on any atom is 0.266 e. The number of carbonyl (C=O) groups excluding carboxylic acids is 2. The van der Waals surface area contributed by atoms with E-state index < -0.39 is 0 Å². The smallest absolute Gasteiger partial charge is 0.266 e. The molecule has 0 spiro atoms. The molecule has 0 unspecified atom stereocenters. The van der Waals surface area contributed by atoms with Gasteiger partial charge in [0.15, 0.2) is 0 Å². The van der Waals surface area contributed by atoms with E-state index in [-0.39, 0.29) is 17.7 Å². The Morgan fingerprint density at radius 2 is 1.55 bits per heavy atom. The van der Waals surface area contributed by atoms with Gasteiger partial charge in [0.1, 0.15) is 9.71 Å². The van der Waals surface area contributed by atoms with E-state index >= 15 is 0 Å². The third-order valence-electron chi connectivity index (χ3n) is 6.23. The van der Waals surface area contributed by atoms with Crippen LogP contribution < -0.4 is 11.5 Å². The predicted octanol–water partition coefficient (Wildman–Crippen LogP) is 4.55. The number of carbonyl (C=O) groups is 2. The molecule has 7 heteroatoms. The molecule has 0 radical (unpaired) electrons. The molecule has 1 saturated heterocycles. The van der Waals surface area contributed by atoms with Crippen LogP contribution in [0.1, 0.15) is 22.5 Å². The monoisotopic (exact) mass is 456 g/mol. The van der Waals surface area contributed by atoms with Crippen molar-refractivity contribution in [3.8, 4) is 22.4 Å². The molecule has 0 saturated carbocycles. The summed E-state index contributed by atoms with van der Waals surface area (Å²) in [6.07, 6.45) is 1.16. The van der Waals surface area contributed by atoms with Gasteiger partial charge >= 0.3 is 0 Å². The molecule has 1 aliphatic rings. The Kier molecular flexibility index (Phi) is 5.56. The molecular weight excluding hydrogens is 432 g/mol. The lowest BCUT2D eigenvalue weighted by Gasteiger charge is -2.30. The highest BCUT2D eigenvalue weighted by Crippen LogP contribution is 2.42. The quantitative estimate of drug-likeness (QED) is 0.470. The summed E-state index contributed by atoms with van der Waals surface area (Å²) in [6.45, 7) is 0.989. The molecule has 3 heterocycles. The molecule has 1 aliphatic heterocycles. The summed E-state index contributed by atoms with van der Waals surface area (Å²) >= 11 is 1.33. The van der Waals surface area contributed by atoms with Gasteiger partial charge in [0.2, 0.25) is 5.91 Å². The van der Waals surface area contributed by atoms with Gasteiger partial charge in [-0.3, -0.25) is 9.59 Å². The Morgan fingerprint density at radius 1 is 0.939 bits per heavy atom. The number of rotatable bonds is 4. The number of amides is 2. The van der Waals surface area contributed by atoms with Gasteiger partial charge in [-0.15, -0.1) is 11.3 Å². The molecule has 33 heavy (non-hydrogen) atoms. The largest absolute Gasteiger partial charge is 0.397 e. The van der Waals surface area contributed by atoms with Gasteiger partial charge < -0.3 is 16.4 Å². The summed E-state index contributed by atoms with van der Waals surface area (Å²) in [5.74, 6) is -0.583. The van der Waals surface area contributed by atoms with Crippen LogP contribution in [-0.4, -0.2) is 34.8 Å². The fourth-order valence-corrected chi connectivity index (χ4v) is 5.48. The lowest BCUT2D eigenvalue weighted by Crippen LogP contribution is -2.41. The van der Waals surface area contributed by atoms with Gasteiger partial charge in [-0.25, -0.2) is 4.98 Å². The highest BCUT2D eigenvalue weighted by Gasteiger charge is 2.29. The number of likely N-dealkylation sites (tertiary alicyclic amines) is 1. The summed E-state index contributed by atoms with van der Waals surface area (Å²) in [4.78, 5) is 32.8. The Morgan fingerprint density at radius 3 is 2.15 bits per heavy atom. The normalized spacial score (nSPS) is 14.5. The minimum absolute atomic E-state index is 0.112. The van der Waals surface area contributed by atoms with Crippen LogP contribution in [-0.2, 0) is 4.79 Å². The van der Waals surface area contributed by atoms with Crippen molar-refractivity contribution in [3.63, 3.8) is 0 Å². The van der Waals surface area contributed by atoms with Gasteiger partial charge in [0.25, 0.3) is 5.91 Å². The summed E-state index contributed by atoms with van der Waals surface area (Å²) in [5.41, 5.74) is 16.3. The number of piperidine rings is 1. The SMILES string of the molecule is NC(=O)C1CCN(C(=O)c2sc3nc(-c4ccccc4)cc(-c4ccccc4)c3c2N)CC1. The van der Waals surface area contributed by atoms with E-state index in [0.717, 1.165) is 32.6 Å². The van der Waals surface area contributed by atoms with E-state index in [4.69, 9.17) is 16.5 Å². The lowest BCUT2D eigenvalue weighted by molar-refractivity contribution is -0.123.